The number of Topliss-reactive ketones (excluding diaryl/α,β-unsaturated/α-hetero) is 1. The summed E-state index contributed by atoms with van der Waals surface area (Å²) in [6, 6.07) is 3.56. The van der Waals surface area contributed by atoms with Crippen molar-refractivity contribution in [2.75, 3.05) is 6.54 Å². The van der Waals surface area contributed by atoms with E-state index in [-0.39, 0.29) is 30.6 Å². The molecule has 0 saturated carbocycles. The second-order valence-electron chi connectivity index (χ2n) is 3.60. The van der Waals surface area contributed by atoms with Crippen molar-refractivity contribution in [3.05, 3.63) is 22.4 Å². The molecule has 1 rings (SSSR count). The standard InChI is InChI=1S/C11H16N2O2S/c1-8(7-12)13-11(15)5-4-9(14)10-3-2-6-16-10/h2-3,6,8H,4-5,7,12H2,1H3,(H,13,15)/t8-/m0/s1. The van der Waals surface area contributed by atoms with E-state index in [1.54, 1.807) is 6.07 Å². The van der Waals surface area contributed by atoms with Crippen LogP contribution in [0, 0.1) is 0 Å². The Morgan fingerprint density at radius 2 is 2.25 bits per heavy atom. The third-order valence-electron chi connectivity index (χ3n) is 2.14. The van der Waals surface area contributed by atoms with Crippen LogP contribution in [0.25, 0.3) is 0 Å². The van der Waals surface area contributed by atoms with E-state index in [2.05, 4.69) is 5.32 Å². The Labute approximate surface area is 98.8 Å². The zero-order chi connectivity index (χ0) is 12.0. The predicted octanol–water partition coefficient (Wildman–Crippen LogP) is 1.17. The molecule has 1 atom stereocenters. The molecule has 0 aliphatic carbocycles. The largest absolute Gasteiger partial charge is 0.352 e. The first-order chi connectivity index (χ1) is 7.63. The minimum Gasteiger partial charge on any atom is -0.352 e. The van der Waals surface area contributed by atoms with Crippen molar-refractivity contribution >= 4 is 23.0 Å². The number of carbonyl (C=O) groups is 2. The number of hydrogen-bond donors (Lipinski definition) is 2. The molecular weight excluding hydrogens is 224 g/mol. The molecule has 0 unspecified atom stereocenters. The highest BCUT2D eigenvalue weighted by molar-refractivity contribution is 7.12. The summed E-state index contributed by atoms with van der Waals surface area (Å²) in [7, 11) is 0. The Morgan fingerprint density at radius 1 is 1.50 bits per heavy atom. The van der Waals surface area contributed by atoms with Gasteiger partial charge in [0.15, 0.2) is 5.78 Å². The fourth-order valence-electron chi connectivity index (χ4n) is 1.19. The second-order valence-corrected chi connectivity index (χ2v) is 4.55. The fraction of sp³-hybridized carbons (Fsp3) is 0.455. The Kier molecular flexibility index (Phi) is 5.14. The Bertz CT molecular complexity index is 349. The highest BCUT2D eigenvalue weighted by atomic mass is 32.1. The van der Waals surface area contributed by atoms with Gasteiger partial charge in [-0.25, -0.2) is 0 Å². The topological polar surface area (TPSA) is 72.2 Å². The number of ketones is 1. The molecule has 0 spiro atoms. The first-order valence-corrected chi connectivity index (χ1v) is 6.07. The number of amides is 1. The summed E-state index contributed by atoms with van der Waals surface area (Å²) < 4.78 is 0. The van der Waals surface area contributed by atoms with E-state index in [9.17, 15) is 9.59 Å². The number of carbonyl (C=O) groups excluding carboxylic acids is 2. The molecule has 0 aliphatic rings. The summed E-state index contributed by atoms with van der Waals surface area (Å²) >= 11 is 1.40. The van der Waals surface area contributed by atoms with E-state index in [0.717, 1.165) is 0 Å². The molecule has 3 N–H and O–H groups in total. The van der Waals surface area contributed by atoms with E-state index < -0.39 is 0 Å². The van der Waals surface area contributed by atoms with Crippen LogP contribution >= 0.6 is 11.3 Å². The minimum absolute atomic E-state index is 0.0190. The number of nitrogens with one attached hydrogen (secondary N) is 1. The van der Waals surface area contributed by atoms with Crippen molar-refractivity contribution in [2.24, 2.45) is 5.73 Å². The van der Waals surface area contributed by atoms with Gasteiger partial charge in [-0.1, -0.05) is 6.07 Å². The molecule has 16 heavy (non-hydrogen) atoms. The zero-order valence-electron chi connectivity index (χ0n) is 9.23. The van der Waals surface area contributed by atoms with Crippen LogP contribution in [0.1, 0.15) is 29.4 Å². The third kappa shape index (κ3) is 4.12. The first-order valence-electron chi connectivity index (χ1n) is 5.19. The number of hydrogen-bond acceptors (Lipinski definition) is 4. The van der Waals surface area contributed by atoms with Crippen molar-refractivity contribution in [1.82, 2.24) is 5.32 Å². The maximum Gasteiger partial charge on any atom is 0.220 e. The van der Waals surface area contributed by atoms with Crippen molar-refractivity contribution in [3.63, 3.8) is 0 Å². The molecule has 88 valence electrons. The summed E-state index contributed by atoms with van der Waals surface area (Å²) in [5.41, 5.74) is 5.37. The van der Waals surface area contributed by atoms with Crippen LogP contribution in [-0.4, -0.2) is 24.3 Å². The maximum atomic E-state index is 11.6. The summed E-state index contributed by atoms with van der Waals surface area (Å²) in [4.78, 5) is 23.7. The van der Waals surface area contributed by atoms with Crippen LogP contribution in [0.2, 0.25) is 0 Å². The molecule has 0 saturated heterocycles. The lowest BCUT2D eigenvalue weighted by molar-refractivity contribution is -0.121. The second kappa shape index (κ2) is 6.40. The highest BCUT2D eigenvalue weighted by Crippen LogP contribution is 2.12. The summed E-state index contributed by atoms with van der Waals surface area (Å²) in [5, 5.41) is 4.57. The third-order valence-corrected chi connectivity index (χ3v) is 3.05. The quantitative estimate of drug-likeness (QED) is 0.733. The summed E-state index contributed by atoms with van der Waals surface area (Å²) in [6.07, 6.45) is 0.477. The lowest BCUT2D eigenvalue weighted by Crippen LogP contribution is -2.37. The van der Waals surface area contributed by atoms with Gasteiger partial charge in [0.25, 0.3) is 0 Å². The van der Waals surface area contributed by atoms with Crippen LogP contribution in [0.5, 0.6) is 0 Å². The Balaban J connectivity index is 2.29. The molecule has 0 fully saturated rings. The number of rotatable bonds is 6. The smallest absolute Gasteiger partial charge is 0.220 e. The van der Waals surface area contributed by atoms with Crippen LogP contribution in [0.4, 0.5) is 0 Å². The average Bonchev–Trinajstić information content (AvgIpc) is 2.79. The molecule has 0 bridgehead atoms. The van der Waals surface area contributed by atoms with Gasteiger partial charge in [-0.15, -0.1) is 11.3 Å². The number of thiophene rings is 1. The van der Waals surface area contributed by atoms with E-state index in [1.807, 2.05) is 18.4 Å². The van der Waals surface area contributed by atoms with Gasteiger partial charge in [-0.3, -0.25) is 9.59 Å². The minimum atomic E-state index is -0.122. The molecule has 0 aromatic carbocycles. The molecule has 5 heteroatoms. The van der Waals surface area contributed by atoms with Gasteiger partial charge in [0.1, 0.15) is 0 Å². The predicted molar refractivity (Wildman–Crippen MR) is 64.5 cm³/mol. The average molecular weight is 240 g/mol. The van der Waals surface area contributed by atoms with Gasteiger partial charge in [0, 0.05) is 25.4 Å². The van der Waals surface area contributed by atoms with Gasteiger partial charge in [-0.05, 0) is 18.4 Å². The van der Waals surface area contributed by atoms with Gasteiger partial charge < -0.3 is 11.1 Å². The molecule has 1 aromatic rings. The molecule has 1 heterocycles. The van der Waals surface area contributed by atoms with Crippen LogP contribution in [-0.2, 0) is 4.79 Å². The monoisotopic (exact) mass is 240 g/mol. The van der Waals surface area contributed by atoms with Gasteiger partial charge >= 0.3 is 0 Å². The normalized spacial score (nSPS) is 12.1. The van der Waals surface area contributed by atoms with Crippen molar-refractivity contribution in [3.8, 4) is 0 Å². The fourth-order valence-corrected chi connectivity index (χ4v) is 1.89. The van der Waals surface area contributed by atoms with Crippen LogP contribution in [0.15, 0.2) is 17.5 Å². The maximum absolute atomic E-state index is 11.6. The molecule has 0 radical (unpaired) electrons. The van der Waals surface area contributed by atoms with Crippen molar-refractivity contribution in [1.29, 1.82) is 0 Å². The SMILES string of the molecule is C[C@@H](CN)NC(=O)CCC(=O)c1cccs1. The molecule has 0 aliphatic heterocycles. The van der Waals surface area contributed by atoms with E-state index in [1.165, 1.54) is 11.3 Å². The van der Waals surface area contributed by atoms with Gasteiger partial charge in [-0.2, -0.15) is 0 Å². The number of nitrogens with two attached hydrogens (primary N) is 1. The molecule has 1 aromatic heterocycles. The molecule has 1 amide bonds. The van der Waals surface area contributed by atoms with Crippen LogP contribution < -0.4 is 11.1 Å². The first kappa shape index (κ1) is 12.9. The van der Waals surface area contributed by atoms with Gasteiger partial charge in [0.2, 0.25) is 5.91 Å². The lowest BCUT2D eigenvalue weighted by Gasteiger charge is -2.10. The van der Waals surface area contributed by atoms with E-state index in [4.69, 9.17) is 5.73 Å². The molecule has 4 nitrogen and oxygen atoms in total. The highest BCUT2D eigenvalue weighted by Gasteiger charge is 2.11. The van der Waals surface area contributed by atoms with E-state index in [0.29, 0.717) is 11.4 Å². The van der Waals surface area contributed by atoms with Crippen molar-refractivity contribution in [2.45, 2.75) is 25.8 Å². The van der Waals surface area contributed by atoms with Crippen molar-refractivity contribution < 1.29 is 9.59 Å². The molecular formula is C11H16N2O2S. The van der Waals surface area contributed by atoms with Gasteiger partial charge in [0.05, 0.1) is 4.88 Å². The van der Waals surface area contributed by atoms with E-state index >= 15 is 0 Å². The Hall–Kier alpha value is -1.20. The van der Waals surface area contributed by atoms with Crippen LogP contribution in [0.3, 0.4) is 0 Å². The summed E-state index contributed by atoms with van der Waals surface area (Å²) in [5.74, 6) is -0.103. The zero-order valence-corrected chi connectivity index (χ0v) is 10.0. The summed E-state index contributed by atoms with van der Waals surface area (Å²) in [6.45, 7) is 2.24. The lowest BCUT2D eigenvalue weighted by atomic mass is 10.2. The Morgan fingerprint density at radius 3 is 2.81 bits per heavy atom.